The van der Waals surface area contributed by atoms with Crippen LogP contribution in [0.4, 0.5) is 0 Å². The normalized spacial score (nSPS) is 23.4. The second-order valence-electron chi connectivity index (χ2n) is 0.515. The molecule has 0 aromatic rings. The highest BCUT2D eigenvalue weighted by Crippen LogP contribution is 2.08. The van der Waals surface area contributed by atoms with Gasteiger partial charge in [-0.2, -0.15) is 9.12 Å². The summed E-state index contributed by atoms with van der Waals surface area (Å²) in [6, 6.07) is 0. The topological polar surface area (TPSA) is 0 Å². The zero-order valence-corrected chi connectivity index (χ0v) is 6.84. The first-order valence-electron chi connectivity index (χ1n) is 1.56. The highest BCUT2D eigenvalue weighted by atomic mass is 127. The van der Waals surface area contributed by atoms with E-state index in [1.165, 1.54) is 0 Å². The Morgan fingerprint density at radius 1 is 2.40 bits per heavy atom. The number of alkyl halides is 1. The summed E-state index contributed by atoms with van der Waals surface area (Å²) in [6.07, 6.45) is 0. The van der Waals surface area contributed by atoms with Gasteiger partial charge in [0, 0.05) is 0 Å². The Balaban J connectivity index is 3.17. The summed E-state index contributed by atoms with van der Waals surface area (Å²) in [5.41, 5.74) is 0. The van der Waals surface area contributed by atoms with Crippen LogP contribution in [-0.2, 0) is 0 Å². The quantitative estimate of drug-likeness (QED) is 0.269. The molecular weight excluding hydrogens is 212 g/mol. The monoisotopic (exact) mass is 218 g/mol. The summed E-state index contributed by atoms with van der Waals surface area (Å²) in [5, 5.41) is 0. The highest BCUT2D eigenvalue weighted by molar-refractivity contribution is 14.1. The van der Waals surface area contributed by atoms with Crippen molar-refractivity contribution in [3.05, 3.63) is 0 Å². The number of hydrogen-bond donors (Lipinski definition) is 0. The Hall–Kier alpha value is 1.65. The number of hydrogen-bond acceptors (Lipinski definition) is 0. The Labute approximate surface area is 53.0 Å². The minimum absolute atomic E-state index is 0.595. The molecule has 0 saturated heterocycles. The van der Waals surface area contributed by atoms with E-state index in [0.717, 1.165) is 0 Å². The van der Waals surface area contributed by atoms with Crippen LogP contribution in [0.3, 0.4) is 0 Å². The summed E-state index contributed by atoms with van der Waals surface area (Å²) < 4.78 is 6.41. The minimum Gasteiger partial charge on any atom is -0.553 e. The van der Waals surface area contributed by atoms with Gasteiger partial charge in [0.1, 0.15) is 7.00 Å². The molecule has 0 aromatic carbocycles. The highest BCUT2D eigenvalue weighted by Gasteiger charge is 1.74. The van der Waals surface area contributed by atoms with Crippen molar-refractivity contribution in [1.29, 1.82) is 0 Å². The first-order valence-corrected chi connectivity index (χ1v) is 3.31. The van der Waals surface area contributed by atoms with Crippen LogP contribution in [0, 0.1) is 0 Å². The molecule has 4 heteroatoms. The van der Waals surface area contributed by atoms with Crippen LogP contribution in [-0.4, -0.2) is 10.5 Å². The first kappa shape index (κ1) is 4.81. The molecule has 0 aromatic heterocycles. The molecule has 29 valence electrons. The van der Waals surface area contributed by atoms with Crippen molar-refractivity contribution in [1.82, 2.24) is 0 Å². The molecule has 0 N–H and O–H groups in total. The molecule has 0 amide bonds. The maximum atomic E-state index is 7.00. The fraction of sp³-hybridized carbons (Fsp3) is 1.00. The second-order valence-corrected chi connectivity index (χ2v) is 3.57. The zero-order valence-electron chi connectivity index (χ0n) is 3.53. The minimum atomic E-state index is -0.595. The lowest BCUT2D eigenvalue weighted by Crippen LogP contribution is -1.85. The van der Waals surface area contributed by atoms with Crippen molar-refractivity contribution in [2.45, 2.75) is 3.54 Å². The molecule has 0 aliphatic carbocycles. The maximum Gasteiger partial charge on any atom is 0.120 e. The summed E-state index contributed by atoms with van der Waals surface area (Å²) >= 11 is 1.94. The Morgan fingerprint density at radius 2 is 2.60 bits per heavy atom. The van der Waals surface area contributed by atoms with E-state index in [1.54, 1.807) is 7.00 Å². The van der Waals surface area contributed by atoms with E-state index in [0.29, 0.717) is 0 Å². The molecule has 0 aliphatic heterocycles. The largest absolute Gasteiger partial charge is 0.553 e. The van der Waals surface area contributed by atoms with Crippen molar-refractivity contribution in [2.24, 2.45) is 0 Å². The maximum absolute atomic E-state index is 7.00. The molecule has 0 saturated carbocycles. The van der Waals surface area contributed by atoms with E-state index in [4.69, 9.17) is 1.37 Å². The third-order valence-electron chi connectivity index (χ3n) is 0.146. The van der Waals surface area contributed by atoms with E-state index in [9.17, 15) is 0 Å². The molecular formula is CH4BIP2-. The molecule has 2 unspecified atom stereocenters. The predicted molar refractivity (Wildman–Crippen MR) is 41.6 cm³/mol. The average Bonchev–Trinajstić information content (AvgIpc) is 1.35. The van der Waals surface area contributed by atoms with Crippen molar-refractivity contribution < 1.29 is 1.37 Å². The third-order valence-corrected chi connectivity index (χ3v) is 2.02. The van der Waals surface area contributed by atoms with E-state index < -0.39 is 3.54 Å². The summed E-state index contributed by atoms with van der Waals surface area (Å²) in [5.74, 6) is 0. The second kappa shape index (κ2) is 3.83. The predicted octanol–water partition coefficient (Wildman–Crippen LogP) is 1.34. The van der Waals surface area contributed by atoms with E-state index in [1.807, 2.05) is 22.6 Å². The summed E-state index contributed by atoms with van der Waals surface area (Å²) in [4.78, 5) is 0. The number of rotatable bonds is 1. The standard InChI is InChI=1S/CH4BIP2/c3-1(4)2-5/h1,4H,5H2/q-1/i1T. The molecule has 5 heavy (non-hydrogen) atoms. The molecule has 0 aliphatic rings. The zero-order chi connectivity index (χ0) is 5.21. The molecule has 0 nitrogen and oxygen atoms in total. The van der Waals surface area contributed by atoms with Gasteiger partial charge < -0.3 is 9.24 Å². The molecule has 0 heterocycles. The van der Waals surface area contributed by atoms with Gasteiger partial charge in [0.2, 0.25) is 0 Å². The van der Waals surface area contributed by atoms with Crippen LogP contribution in [0.1, 0.15) is 1.37 Å². The van der Waals surface area contributed by atoms with Crippen LogP contribution in [0.2, 0.25) is 0 Å². The van der Waals surface area contributed by atoms with Gasteiger partial charge in [0.15, 0.2) is 0 Å². The van der Waals surface area contributed by atoms with Crippen molar-refractivity contribution in [3.63, 3.8) is 0 Å². The van der Waals surface area contributed by atoms with Gasteiger partial charge in [-0.3, -0.25) is 0 Å². The van der Waals surface area contributed by atoms with E-state index in [2.05, 4.69) is 18.4 Å². The molecule has 1 radical (unpaired) electrons. The molecule has 2 atom stereocenters. The molecule has 0 fully saturated rings. The van der Waals surface area contributed by atoms with Crippen molar-refractivity contribution in [2.75, 3.05) is 0 Å². The molecule has 0 spiro atoms. The summed E-state index contributed by atoms with van der Waals surface area (Å²) in [6.45, 7) is 1.67. The summed E-state index contributed by atoms with van der Waals surface area (Å²) in [7, 11) is 5.46. The van der Waals surface area contributed by atoms with Gasteiger partial charge in [0.05, 0.1) is 0 Å². The van der Waals surface area contributed by atoms with Crippen molar-refractivity contribution in [3.8, 4) is 0 Å². The third kappa shape index (κ3) is 5.65. The first-order chi connectivity index (χ1) is 2.56. The lowest BCUT2D eigenvalue weighted by atomic mass is 10.2. The fourth-order valence-electron chi connectivity index (χ4n) is 0. The van der Waals surface area contributed by atoms with Crippen LogP contribution in [0.25, 0.3) is 0 Å². The number of halogens is 1. The van der Waals surface area contributed by atoms with Gasteiger partial charge in [-0.05, 0) is 1.37 Å². The van der Waals surface area contributed by atoms with Gasteiger partial charge >= 0.3 is 0 Å². The lowest BCUT2D eigenvalue weighted by molar-refractivity contribution is 2.14. The van der Waals surface area contributed by atoms with E-state index >= 15 is 0 Å². The lowest BCUT2D eigenvalue weighted by Gasteiger charge is -2.00. The Morgan fingerprint density at radius 3 is 2.60 bits per heavy atom. The smallest absolute Gasteiger partial charge is 0.120 e. The van der Waals surface area contributed by atoms with Crippen LogP contribution < -0.4 is 0 Å². The van der Waals surface area contributed by atoms with Crippen molar-refractivity contribution >= 4 is 47.9 Å². The van der Waals surface area contributed by atoms with Gasteiger partial charge in [-0.25, -0.2) is 0 Å². The fourth-order valence-corrected chi connectivity index (χ4v) is 0. The van der Waals surface area contributed by atoms with E-state index in [-0.39, 0.29) is 0 Å². The molecule has 0 bridgehead atoms. The SMILES string of the molecule is [3H]C([PH-])(I)[B]P. The van der Waals surface area contributed by atoms with Gasteiger partial charge in [-0.15, -0.1) is 26.1 Å². The van der Waals surface area contributed by atoms with Crippen LogP contribution in [0.5, 0.6) is 0 Å². The Bertz CT molecular complexity index is 43.3. The van der Waals surface area contributed by atoms with Crippen LogP contribution in [0.15, 0.2) is 0 Å². The van der Waals surface area contributed by atoms with Gasteiger partial charge in [0.25, 0.3) is 0 Å². The Kier molecular flexibility index (Phi) is 3.68. The molecule has 0 rings (SSSR count). The average molecular weight is 218 g/mol. The van der Waals surface area contributed by atoms with Crippen LogP contribution >= 0.6 is 40.9 Å². The van der Waals surface area contributed by atoms with Gasteiger partial charge in [-0.1, -0.05) is 0 Å².